The van der Waals surface area contributed by atoms with Crippen LogP contribution < -0.4 is 16.0 Å². The number of hydrogen-bond donors (Lipinski definition) is 2. The number of thiophene rings is 1. The summed E-state index contributed by atoms with van der Waals surface area (Å²) < 4.78 is 0. The van der Waals surface area contributed by atoms with Crippen molar-refractivity contribution in [3.05, 3.63) is 10.4 Å². The first-order chi connectivity index (χ1) is 9.38. The lowest BCUT2D eigenvalue weighted by Gasteiger charge is -2.20. The predicted molar refractivity (Wildman–Crippen MR) is 84.9 cm³/mol. The molecule has 1 aromatic rings. The first-order valence-corrected chi connectivity index (χ1v) is 7.64. The number of ketones is 1. The maximum Gasteiger partial charge on any atom is 0.256 e. The smallest absolute Gasteiger partial charge is 0.256 e. The summed E-state index contributed by atoms with van der Waals surface area (Å²) in [5.74, 6) is -0.405. The van der Waals surface area contributed by atoms with Crippen LogP contribution in [0, 0.1) is 5.92 Å². The molecule has 6 heteroatoms. The first-order valence-electron chi connectivity index (χ1n) is 6.82. The SMILES string of the molecule is CCN(CC)c1sc(C(=O)C(C)C)c(N)c1C(=O)NC. The Kier molecular flexibility index (Phi) is 5.56. The van der Waals surface area contributed by atoms with Crippen molar-refractivity contribution in [3.8, 4) is 0 Å². The number of amides is 1. The molecule has 0 bridgehead atoms. The van der Waals surface area contributed by atoms with E-state index in [1.807, 2.05) is 32.6 Å². The van der Waals surface area contributed by atoms with Gasteiger partial charge in [-0.1, -0.05) is 13.8 Å². The second-order valence-corrected chi connectivity index (χ2v) is 5.79. The molecule has 0 saturated carbocycles. The van der Waals surface area contributed by atoms with Crippen molar-refractivity contribution in [1.29, 1.82) is 0 Å². The lowest BCUT2D eigenvalue weighted by molar-refractivity contribution is 0.0944. The largest absolute Gasteiger partial charge is 0.397 e. The second kappa shape index (κ2) is 6.74. The third-order valence-corrected chi connectivity index (χ3v) is 4.46. The number of nitrogens with zero attached hydrogens (tertiary/aromatic N) is 1. The Bertz CT molecular complexity index is 505. The van der Waals surface area contributed by atoms with E-state index in [2.05, 4.69) is 5.32 Å². The van der Waals surface area contributed by atoms with Crippen LogP contribution in [-0.4, -0.2) is 31.8 Å². The van der Waals surface area contributed by atoms with E-state index in [0.717, 1.165) is 18.1 Å². The highest BCUT2D eigenvalue weighted by Gasteiger charge is 2.27. The highest BCUT2D eigenvalue weighted by molar-refractivity contribution is 7.19. The molecule has 5 nitrogen and oxygen atoms in total. The van der Waals surface area contributed by atoms with Gasteiger partial charge in [-0.25, -0.2) is 0 Å². The van der Waals surface area contributed by atoms with Crippen LogP contribution in [0.1, 0.15) is 47.7 Å². The minimum Gasteiger partial charge on any atom is -0.397 e. The van der Waals surface area contributed by atoms with Crippen molar-refractivity contribution in [2.45, 2.75) is 27.7 Å². The summed E-state index contributed by atoms with van der Waals surface area (Å²) in [6.07, 6.45) is 0. The van der Waals surface area contributed by atoms with Gasteiger partial charge in [0.1, 0.15) is 5.00 Å². The van der Waals surface area contributed by atoms with Gasteiger partial charge in [0.25, 0.3) is 5.91 Å². The molecule has 0 spiro atoms. The fraction of sp³-hybridized carbons (Fsp3) is 0.571. The number of Topliss-reactive ketones (excluding diaryl/α,β-unsaturated/α-hetero) is 1. The van der Waals surface area contributed by atoms with E-state index in [1.54, 1.807) is 7.05 Å². The predicted octanol–water partition coefficient (Wildman–Crippen LogP) is 2.37. The molecule has 3 N–H and O–H groups in total. The number of anilines is 2. The molecule has 1 heterocycles. The van der Waals surface area contributed by atoms with Crippen LogP contribution in [0.2, 0.25) is 0 Å². The Balaban J connectivity index is 3.46. The van der Waals surface area contributed by atoms with Gasteiger partial charge in [0.15, 0.2) is 5.78 Å². The Morgan fingerprint density at radius 2 is 1.85 bits per heavy atom. The van der Waals surface area contributed by atoms with E-state index in [9.17, 15) is 9.59 Å². The minimum atomic E-state index is -0.247. The third kappa shape index (κ3) is 2.95. The summed E-state index contributed by atoms with van der Waals surface area (Å²) in [6, 6.07) is 0. The van der Waals surface area contributed by atoms with E-state index in [-0.39, 0.29) is 17.6 Å². The molecule has 20 heavy (non-hydrogen) atoms. The topological polar surface area (TPSA) is 75.4 Å². The van der Waals surface area contributed by atoms with Crippen molar-refractivity contribution >= 4 is 33.7 Å². The molecule has 0 aromatic carbocycles. The summed E-state index contributed by atoms with van der Waals surface area (Å²) >= 11 is 1.31. The number of carbonyl (C=O) groups excluding carboxylic acids is 2. The van der Waals surface area contributed by atoms with Crippen LogP contribution in [-0.2, 0) is 0 Å². The van der Waals surface area contributed by atoms with Crippen LogP contribution in [0.3, 0.4) is 0 Å². The highest BCUT2D eigenvalue weighted by Crippen LogP contribution is 2.39. The summed E-state index contributed by atoms with van der Waals surface area (Å²) in [6.45, 7) is 9.20. The van der Waals surface area contributed by atoms with Crippen molar-refractivity contribution in [3.63, 3.8) is 0 Å². The summed E-state index contributed by atoms with van der Waals surface area (Å²) in [4.78, 5) is 26.8. The molecule has 1 amide bonds. The number of nitrogens with one attached hydrogen (secondary N) is 1. The highest BCUT2D eigenvalue weighted by atomic mass is 32.1. The average Bonchev–Trinajstić information content (AvgIpc) is 2.76. The van der Waals surface area contributed by atoms with Crippen LogP contribution in [0.15, 0.2) is 0 Å². The van der Waals surface area contributed by atoms with Gasteiger partial charge >= 0.3 is 0 Å². The maximum absolute atomic E-state index is 12.2. The fourth-order valence-electron chi connectivity index (χ4n) is 1.95. The molecule has 0 unspecified atom stereocenters. The lowest BCUT2D eigenvalue weighted by Crippen LogP contribution is -2.26. The Morgan fingerprint density at radius 1 is 1.30 bits per heavy atom. The van der Waals surface area contributed by atoms with E-state index in [4.69, 9.17) is 5.73 Å². The summed E-state index contributed by atoms with van der Waals surface area (Å²) in [5, 5.41) is 3.37. The molecule has 0 fully saturated rings. The van der Waals surface area contributed by atoms with Gasteiger partial charge in [-0.3, -0.25) is 9.59 Å². The van der Waals surface area contributed by atoms with Gasteiger partial charge in [-0.2, -0.15) is 0 Å². The number of carbonyl (C=O) groups is 2. The minimum absolute atomic E-state index is 0.0175. The summed E-state index contributed by atoms with van der Waals surface area (Å²) in [5.41, 5.74) is 6.79. The van der Waals surface area contributed by atoms with Gasteiger partial charge in [-0.05, 0) is 13.8 Å². The molecular weight excluding hydrogens is 274 g/mol. The number of nitrogens with two attached hydrogens (primary N) is 1. The zero-order chi connectivity index (χ0) is 15.4. The van der Waals surface area contributed by atoms with Crippen molar-refractivity contribution in [2.24, 2.45) is 5.92 Å². The Hall–Kier alpha value is -1.56. The van der Waals surface area contributed by atoms with E-state index >= 15 is 0 Å². The quantitative estimate of drug-likeness (QED) is 0.790. The van der Waals surface area contributed by atoms with Crippen LogP contribution >= 0.6 is 11.3 Å². The van der Waals surface area contributed by atoms with Crippen molar-refractivity contribution in [1.82, 2.24) is 5.32 Å². The lowest BCUT2D eigenvalue weighted by atomic mass is 10.1. The van der Waals surface area contributed by atoms with Crippen LogP contribution in [0.4, 0.5) is 10.7 Å². The zero-order valence-electron chi connectivity index (χ0n) is 12.7. The third-order valence-electron chi connectivity index (χ3n) is 3.18. The molecule has 0 aliphatic carbocycles. The van der Waals surface area contributed by atoms with Gasteiger partial charge in [0.05, 0.1) is 16.1 Å². The molecule has 0 atom stereocenters. The van der Waals surface area contributed by atoms with Gasteiger partial charge in [0, 0.05) is 26.1 Å². The zero-order valence-corrected chi connectivity index (χ0v) is 13.6. The fourth-order valence-corrected chi connectivity index (χ4v) is 3.39. The van der Waals surface area contributed by atoms with E-state index in [0.29, 0.717) is 16.1 Å². The molecule has 0 radical (unpaired) electrons. The van der Waals surface area contributed by atoms with Gasteiger partial charge in [0.2, 0.25) is 0 Å². The van der Waals surface area contributed by atoms with Crippen LogP contribution in [0.25, 0.3) is 0 Å². The monoisotopic (exact) mass is 297 g/mol. The van der Waals surface area contributed by atoms with Gasteiger partial charge in [-0.15, -0.1) is 11.3 Å². The normalized spacial score (nSPS) is 10.7. The van der Waals surface area contributed by atoms with Gasteiger partial charge < -0.3 is 16.0 Å². The molecule has 0 saturated heterocycles. The summed E-state index contributed by atoms with van der Waals surface area (Å²) in [7, 11) is 1.56. The molecule has 1 aromatic heterocycles. The van der Waals surface area contributed by atoms with Crippen molar-refractivity contribution in [2.75, 3.05) is 30.8 Å². The van der Waals surface area contributed by atoms with Crippen LogP contribution in [0.5, 0.6) is 0 Å². The number of rotatable bonds is 6. The Morgan fingerprint density at radius 3 is 2.25 bits per heavy atom. The molecule has 0 aliphatic heterocycles. The molecule has 1 rings (SSSR count). The van der Waals surface area contributed by atoms with E-state index in [1.165, 1.54) is 11.3 Å². The molecular formula is C14H23N3O2S. The van der Waals surface area contributed by atoms with E-state index < -0.39 is 0 Å². The standard InChI is InChI=1S/C14H23N3O2S/c1-6-17(7-2)14-9(13(19)16-5)10(15)12(20-14)11(18)8(3)4/h8H,6-7,15H2,1-5H3,(H,16,19). The maximum atomic E-state index is 12.2. The number of hydrogen-bond acceptors (Lipinski definition) is 5. The number of nitrogen functional groups attached to an aromatic ring is 1. The second-order valence-electron chi connectivity index (χ2n) is 4.80. The first kappa shape index (κ1) is 16.5. The average molecular weight is 297 g/mol. The molecule has 0 aliphatic rings. The van der Waals surface area contributed by atoms with Crippen molar-refractivity contribution < 1.29 is 9.59 Å². The Labute approximate surface area is 124 Å². The molecule has 112 valence electrons.